The van der Waals surface area contributed by atoms with Gasteiger partial charge in [-0.1, -0.05) is 36.1 Å². The minimum absolute atomic E-state index is 0.0718. The fourth-order valence-corrected chi connectivity index (χ4v) is 4.59. The number of piperazine rings is 1. The van der Waals surface area contributed by atoms with Crippen molar-refractivity contribution in [3.05, 3.63) is 94.9 Å². The molecule has 2 aliphatic rings. The minimum atomic E-state index is -0.980. The van der Waals surface area contributed by atoms with Crippen molar-refractivity contribution in [2.45, 2.75) is 39.4 Å². The van der Waals surface area contributed by atoms with Crippen molar-refractivity contribution in [3.63, 3.8) is 0 Å². The van der Waals surface area contributed by atoms with Crippen molar-refractivity contribution >= 4 is 0 Å². The maximum Gasteiger partial charge on any atom is 0.184 e. The zero-order valence-corrected chi connectivity index (χ0v) is 22.7. The minimum Gasteiger partial charge on any atom is -0.497 e. The average Bonchev–Trinajstić information content (AvgIpc) is 3.18. The normalized spacial score (nSPS) is 16.6. The van der Waals surface area contributed by atoms with Gasteiger partial charge in [0.1, 0.15) is 23.9 Å². The summed E-state index contributed by atoms with van der Waals surface area (Å²) in [6.07, 6.45) is 6.59. The Morgan fingerprint density at radius 2 is 1.76 bits per heavy atom. The van der Waals surface area contributed by atoms with Gasteiger partial charge in [-0.3, -0.25) is 4.90 Å². The highest BCUT2D eigenvalue weighted by molar-refractivity contribution is 5.41. The molecule has 0 aromatic heterocycles. The summed E-state index contributed by atoms with van der Waals surface area (Å²) in [5.74, 6) is 2.37. The Hall–Kier alpha value is -3.48. The Balaban J connectivity index is 1.34. The van der Waals surface area contributed by atoms with Crippen molar-refractivity contribution < 1.29 is 24.1 Å². The van der Waals surface area contributed by atoms with Crippen LogP contribution in [0.4, 0.5) is 0 Å². The van der Waals surface area contributed by atoms with Gasteiger partial charge >= 0.3 is 0 Å². The van der Waals surface area contributed by atoms with E-state index in [9.17, 15) is 5.11 Å². The second kappa shape index (κ2) is 13.4. The van der Waals surface area contributed by atoms with E-state index in [0.29, 0.717) is 6.61 Å². The Morgan fingerprint density at radius 1 is 0.947 bits per heavy atom. The van der Waals surface area contributed by atoms with Crippen LogP contribution in [0.15, 0.2) is 83.8 Å². The molecule has 1 aliphatic heterocycles. The van der Waals surface area contributed by atoms with E-state index in [2.05, 4.69) is 27.7 Å². The van der Waals surface area contributed by atoms with Gasteiger partial charge < -0.3 is 29.0 Å². The summed E-state index contributed by atoms with van der Waals surface area (Å²) in [5.41, 5.74) is 7.12. The van der Waals surface area contributed by atoms with E-state index in [0.717, 1.165) is 66.8 Å². The predicted molar refractivity (Wildman–Crippen MR) is 148 cm³/mol. The Morgan fingerprint density at radius 3 is 2.50 bits per heavy atom. The van der Waals surface area contributed by atoms with Gasteiger partial charge in [0.25, 0.3) is 0 Å². The number of methoxy groups -OCH3 is 2. The summed E-state index contributed by atoms with van der Waals surface area (Å²) < 4.78 is 22.6. The van der Waals surface area contributed by atoms with Crippen molar-refractivity contribution in [1.29, 1.82) is 0 Å². The maximum atomic E-state index is 10.7. The smallest absolute Gasteiger partial charge is 0.184 e. The van der Waals surface area contributed by atoms with E-state index in [1.165, 1.54) is 5.56 Å². The van der Waals surface area contributed by atoms with E-state index in [4.69, 9.17) is 18.9 Å². The molecule has 202 valence electrons. The number of rotatable bonds is 11. The highest BCUT2D eigenvalue weighted by Gasteiger charge is 2.25. The van der Waals surface area contributed by atoms with Gasteiger partial charge in [-0.05, 0) is 55.8 Å². The van der Waals surface area contributed by atoms with Crippen molar-refractivity contribution in [2.24, 2.45) is 0 Å². The first kappa shape index (κ1) is 27.6. The number of aliphatic hydroxyl groups excluding tert-OH is 1. The number of benzene rings is 2. The number of ether oxygens (including phenoxy) is 4. The van der Waals surface area contributed by atoms with Crippen LogP contribution in [0.2, 0.25) is 0 Å². The molecule has 2 aromatic rings. The second-order valence-corrected chi connectivity index (χ2v) is 9.58. The van der Waals surface area contributed by atoms with Gasteiger partial charge in [0.05, 0.1) is 26.0 Å². The maximum absolute atomic E-state index is 10.7. The predicted octanol–water partition coefficient (Wildman–Crippen LogP) is 4.68. The summed E-state index contributed by atoms with van der Waals surface area (Å²) in [7, 11) is 3.31. The number of aliphatic hydroxyl groups is 1. The van der Waals surface area contributed by atoms with E-state index in [1.807, 2.05) is 68.5 Å². The third-order valence-electron chi connectivity index (χ3n) is 6.52. The molecule has 1 aliphatic carbocycles. The van der Waals surface area contributed by atoms with Crippen LogP contribution in [0.5, 0.6) is 17.2 Å². The molecule has 1 atom stereocenters. The second-order valence-electron chi connectivity index (χ2n) is 9.58. The first-order valence-corrected chi connectivity index (χ1v) is 13.0. The molecule has 7 heteroatoms. The fourth-order valence-electron chi connectivity index (χ4n) is 4.59. The topological polar surface area (TPSA) is 63.6 Å². The number of hydrogen-bond donors (Lipinski definition) is 1. The molecule has 2 aromatic carbocycles. The molecule has 1 saturated heterocycles. The van der Waals surface area contributed by atoms with Crippen LogP contribution in [0.25, 0.3) is 0 Å². The first-order valence-electron chi connectivity index (χ1n) is 13.0. The molecule has 4 rings (SSSR count). The summed E-state index contributed by atoms with van der Waals surface area (Å²) in [5, 5.41) is 10.7. The van der Waals surface area contributed by atoms with Gasteiger partial charge in [0.2, 0.25) is 0 Å². The van der Waals surface area contributed by atoms with E-state index in [1.54, 1.807) is 14.2 Å². The summed E-state index contributed by atoms with van der Waals surface area (Å²) in [6.45, 7) is 8.56. The lowest BCUT2D eigenvalue weighted by atomic mass is 10.1. The van der Waals surface area contributed by atoms with Crippen LogP contribution in [0, 0.1) is 0 Å². The van der Waals surface area contributed by atoms with Gasteiger partial charge in [-0.25, -0.2) is 0 Å². The average molecular weight is 519 g/mol. The van der Waals surface area contributed by atoms with Crippen LogP contribution in [0.3, 0.4) is 0 Å². The lowest BCUT2D eigenvalue weighted by Gasteiger charge is -2.37. The van der Waals surface area contributed by atoms with Crippen LogP contribution in [-0.4, -0.2) is 67.7 Å². The lowest BCUT2D eigenvalue weighted by molar-refractivity contribution is -0.100. The van der Waals surface area contributed by atoms with Crippen molar-refractivity contribution in [2.75, 3.05) is 40.4 Å². The zero-order valence-electron chi connectivity index (χ0n) is 22.7. The largest absolute Gasteiger partial charge is 0.497 e. The lowest BCUT2D eigenvalue weighted by Crippen LogP contribution is -2.46. The summed E-state index contributed by atoms with van der Waals surface area (Å²) >= 11 is 0. The molecule has 0 spiro atoms. The van der Waals surface area contributed by atoms with Crippen molar-refractivity contribution in [3.8, 4) is 17.2 Å². The van der Waals surface area contributed by atoms with Gasteiger partial charge in [0.15, 0.2) is 6.29 Å². The van der Waals surface area contributed by atoms with Crippen molar-refractivity contribution in [1.82, 2.24) is 9.80 Å². The Kier molecular flexibility index (Phi) is 9.68. The molecule has 38 heavy (non-hydrogen) atoms. The first-order chi connectivity index (χ1) is 18.5. The molecule has 1 N–H and O–H groups in total. The van der Waals surface area contributed by atoms with Crippen LogP contribution in [0.1, 0.15) is 25.0 Å². The molecule has 0 saturated carbocycles. The Labute approximate surface area is 225 Å². The Bertz CT molecular complexity index is 1200. The van der Waals surface area contributed by atoms with Crippen LogP contribution >= 0.6 is 0 Å². The number of allylic oxidation sites excluding steroid dienone is 3. The molecule has 0 amide bonds. The van der Waals surface area contributed by atoms with Gasteiger partial charge in [-0.2, -0.15) is 0 Å². The summed E-state index contributed by atoms with van der Waals surface area (Å²) in [6, 6.07) is 13.9. The zero-order chi connectivity index (χ0) is 26.9. The molecule has 1 fully saturated rings. The monoisotopic (exact) mass is 518 g/mol. The molecule has 7 nitrogen and oxygen atoms in total. The highest BCUT2D eigenvalue weighted by atomic mass is 16.6. The molecular weight excluding hydrogens is 480 g/mol. The standard InChI is InChI=1S/C31H38N2O5/c1-23(2)38-31(34)28-11-6-5-7-12-29(28)33-17-15-32(16-18-33)21-24-9-8-10-27(19-24)37-22-25-20-26(35-3)13-14-30(25)36-4/h5-11,13-14,19-20,23,31,34H,15-18,21-22H2,1-4H3. The number of nitrogens with zero attached hydrogens (tertiary/aromatic N) is 2. The molecular formula is C31H38N2O5. The fraction of sp³-hybridized carbons (Fsp3) is 0.387. The van der Waals surface area contributed by atoms with Gasteiger partial charge in [-0.15, -0.1) is 0 Å². The molecule has 1 heterocycles. The highest BCUT2D eigenvalue weighted by Crippen LogP contribution is 2.27. The van der Waals surface area contributed by atoms with Gasteiger partial charge in [0, 0.05) is 43.9 Å². The number of hydrogen-bond acceptors (Lipinski definition) is 7. The van der Waals surface area contributed by atoms with E-state index >= 15 is 0 Å². The third-order valence-corrected chi connectivity index (χ3v) is 6.52. The quantitative estimate of drug-likeness (QED) is 0.342. The van der Waals surface area contributed by atoms with E-state index in [-0.39, 0.29) is 6.10 Å². The van der Waals surface area contributed by atoms with E-state index < -0.39 is 6.29 Å². The molecule has 1 unspecified atom stereocenters. The van der Waals surface area contributed by atoms with Crippen LogP contribution in [-0.2, 0) is 17.9 Å². The molecule has 0 radical (unpaired) electrons. The van der Waals surface area contributed by atoms with Crippen LogP contribution < -0.4 is 14.2 Å². The molecule has 0 bridgehead atoms. The summed E-state index contributed by atoms with van der Waals surface area (Å²) in [4.78, 5) is 4.71. The SMILES string of the molecule is COc1ccc(OC)c(COc2cccc(CN3CCN(C4=C=CC=CC=C4C(O)OC(C)C)CC3)c2)c1. The third kappa shape index (κ3) is 7.30.